The highest BCUT2D eigenvalue weighted by Crippen LogP contribution is 2.21. The van der Waals surface area contributed by atoms with E-state index >= 15 is 0 Å². The Hall–Kier alpha value is -1.90. The van der Waals surface area contributed by atoms with Crippen molar-refractivity contribution >= 4 is 10.0 Å². The summed E-state index contributed by atoms with van der Waals surface area (Å²) in [5, 5.41) is 0.00602. The van der Waals surface area contributed by atoms with Crippen molar-refractivity contribution in [2.75, 3.05) is 20.8 Å². The van der Waals surface area contributed by atoms with Crippen LogP contribution in [0.4, 0.5) is 0 Å². The third-order valence-corrected chi connectivity index (χ3v) is 4.29. The molecule has 21 heavy (non-hydrogen) atoms. The molecule has 0 aliphatic carbocycles. The highest BCUT2D eigenvalue weighted by molar-refractivity contribution is 7.89. The SMILES string of the molecule is COCC(NS(=O)(=O)c1cnc[nH]1)c1cccc(OC)c1. The van der Waals surface area contributed by atoms with Crippen molar-refractivity contribution in [3.05, 3.63) is 42.4 Å². The van der Waals surface area contributed by atoms with Gasteiger partial charge in [0.05, 0.1) is 32.3 Å². The number of aromatic nitrogens is 2. The standard InChI is InChI=1S/C13H17N3O4S/c1-19-8-12(10-4-3-5-11(6-10)20-2)16-21(17,18)13-7-14-9-15-13/h3-7,9,12,16H,8H2,1-2H3,(H,14,15). The minimum absolute atomic E-state index is 0.00602. The summed E-state index contributed by atoms with van der Waals surface area (Å²) in [5.74, 6) is 0.648. The molecule has 0 spiro atoms. The Morgan fingerprint density at radius 1 is 1.38 bits per heavy atom. The normalized spacial score (nSPS) is 13.0. The summed E-state index contributed by atoms with van der Waals surface area (Å²) < 4.78 is 37.3. The number of ether oxygens (including phenoxy) is 2. The van der Waals surface area contributed by atoms with Gasteiger partial charge in [-0.25, -0.2) is 13.4 Å². The largest absolute Gasteiger partial charge is 0.497 e. The van der Waals surface area contributed by atoms with Crippen LogP contribution in [0.1, 0.15) is 11.6 Å². The van der Waals surface area contributed by atoms with Gasteiger partial charge in [0, 0.05) is 7.11 Å². The van der Waals surface area contributed by atoms with Crippen LogP contribution in [0.5, 0.6) is 5.75 Å². The zero-order valence-corrected chi connectivity index (χ0v) is 12.6. The molecule has 2 N–H and O–H groups in total. The molecule has 1 heterocycles. The van der Waals surface area contributed by atoms with E-state index in [1.165, 1.54) is 19.6 Å². The Bertz CT molecular complexity index is 670. The van der Waals surface area contributed by atoms with E-state index in [1.54, 1.807) is 25.3 Å². The van der Waals surface area contributed by atoms with Crippen LogP contribution in [0.25, 0.3) is 0 Å². The predicted molar refractivity (Wildman–Crippen MR) is 76.5 cm³/mol. The number of nitrogens with one attached hydrogen (secondary N) is 2. The number of rotatable bonds is 7. The second kappa shape index (κ2) is 6.70. The smallest absolute Gasteiger partial charge is 0.258 e. The Kier molecular flexibility index (Phi) is 4.94. The summed E-state index contributed by atoms with van der Waals surface area (Å²) in [5.41, 5.74) is 0.749. The number of sulfonamides is 1. The van der Waals surface area contributed by atoms with E-state index in [2.05, 4.69) is 14.7 Å². The van der Waals surface area contributed by atoms with Crippen LogP contribution in [-0.4, -0.2) is 39.2 Å². The molecule has 0 aliphatic heterocycles. The first-order valence-electron chi connectivity index (χ1n) is 6.20. The number of benzene rings is 1. The number of hydrogen-bond acceptors (Lipinski definition) is 5. The maximum Gasteiger partial charge on any atom is 0.258 e. The molecule has 1 aromatic carbocycles. The van der Waals surface area contributed by atoms with Crippen molar-refractivity contribution in [1.82, 2.24) is 14.7 Å². The lowest BCUT2D eigenvalue weighted by molar-refractivity contribution is 0.175. The molecule has 1 unspecified atom stereocenters. The molecule has 2 aromatic rings. The number of H-pyrrole nitrogens is 1. The number of nitrogens with zero attached hydrogens (tertiary/aromatic N) is 1. The zero-order valence-electron chi connectivity index (χ0n) is 11.7. The number of imidazole rings is 1. The quantitative estimate of drug-likeness (QED) is 0.798. The van der Waals surface area contributed by atoms with Crippen molar-refractivity contribution in [3.8, 4) is 5.75 Å². The van der Waals surface area contributed by atoms with Gasteiger partial charge in [0.15, 0.2) is 5.03 Å². The molecule has 0 radical (unpaired) electrons. The minimum Gasteiger partial charge on any atom is -0.497 e. The average molecular weight is 311 g/mol. The first kappa shape index (κ1) is 15.5. The van der Waals surface area contributed by atoms with Gasteiger partial charge < -0.3 is 14.5 Å². The van der Waals surface area contributed by atoms with Crippen LogP contribution in [0.2, 0.25) is 0 Å². The maximum atomic E-state index is 12.2. The van der Waals surface area contributed by atoms with Crippen molar-refractivity contribution in [2.45, 2.75) is 11.1 Å². The first-order valence-corrected chi connectivity index (χ1v) is 7.68. The fourth-order valence-electron chi connectivity index (χ4n) is 1.86. The minimum atomic E-state index is -3.69. The Balaban J connectivity index is 2.27. The average Bonchev–Trinajstić information content (AvgIpc) is 3.02. The second-order valence-corrected chi connectivity index (χ2v) is 6.00. The van der Waals surface area contributed by atoms with Crippen LogP contribution in [0, 0.1) is 0 Å². The molecule has 0 saturated heterocycles. The second-order valence-electron chi connectivity index (χ2n) is 4.32. The van der Waals surface area contributed by atoms with E-state index in [4.69, 9.17) is 9.47 Å². The van der Waals surface area contributed by atoms with E-state index in [-0.39, 0.29) is 11.6 Å². The molecule has 1 atom stereocenters. The van der Waals surface area contributed by atoms with Gasteiger partial charge in [-0.15, -0.1) is 0 Å². The maximum absolute atomic E-state index is 12.2. The molecule has 1 aromatic heterocycles. The highest BCUT2D eigenvalue weighted by atomic mass is 32.2. The molecular weight excluding hydrogens is 294 g/mol. The van der Waals surface area contributed by atoms with Gasteiger partial charge in [-0.3, -0.25) is 0 Å². The molecule has 2 rings (SSSR count). The molecule has 114 valence electrons. The van der Waals surface area contributed by atoms with Gasteiger partial charge in [0.2, 0.25) is 0 Å². The summed E-state index contributed by atoms with van der Waals surface area (Å²) in [6.45, 7) is 0.195. The van der Waals surface area contributed by atoms with Gasteiger partial charge in [-0.2, -0.15) is 4.72 Å². The lowest BCUT2D eigenvalue weighted by Gasteiger charge is -2.18. The van der Waals surface area contributed by atoms with Crippen LogP contribution < -0.4 is 9.46 Å². The summed E-state index contributed by atoms with van der Waals surface area (Å²) in [7, 11) is -0.629. The van der Waals surface area contributed by atoms with E-state index in [1.807, 2.05) is 6.07 Å². The lowest BCUT2D eigenvalue weighted by Crippen LogP contribution is -2.31. The van der Waals surface area contributed by atoms with Crippen LogP contribution >= 0.6 is 0 Å². The molecule has 0 amide bonds. The van der Waals surface area contributed by atoms with E-state index in [0.717, 1.165) is 5.56 Å². The van der Waals surface area contributed by atoms with Crippen LogP contribution in [0.15, 0.2) is 41.8 Å². The molecule has 0 aliphatic rings. The van der Waals surface area contributed by atoms with E-state index < -0.39 is 16.1 Å². The van der Waals surface area contributed by atoms with Crippen molar-refractivity contribution < 1.29 is 17.9 Å². The van der Waals surface area contributed by atoms with Crippen LogP contribution in [0.3, 0.4) is 0 Å². The van der Waals surface area contributed by atoms with E-state index in [0.29, 0.717) is 5.75 Å². The van der Waals surface area contributed by atoms with E-state index in [9.17, 15) is 8.42 Å². The molecule has 0 saturated carbocycles. The molecule has 8 heteroatoms. The Morgan fingerprint density at radius 3 is 2.81 bits per heavy atom. The predicted octanol–water partition coefficient (Wildman–Crippen LogP) is 1.08. The summed E-state index contributed by atoms with van der Waals surface area (Å²) in [4.78, 5) is 6.29. The fraction of sp³-hybridized carbons (Fsp3) is 0.308. The summed E-state index contributed by atoms with van der Waals surface area (Å²) >= 11 is 0. The molecule has 0 bridgehead atoms. The van der Waals surface area contributed by atoms with Crippen molar-refractivity contribution in [1.29, 1.82) is 0 Å². The van der Waals surface area contributed by atoms with Crippen molar-refractivity contribution in [3.63, 3.8) is 0 Å². The van der Waals surface area contributed by atoms with Crippen LogP contribution in [-0.2, 0) is 14.8 Å². The summed E-state index contributed by atoms with van der Waals surface area (Å²) in [6, 6.07) is 6.62. The van der Waals surface area contributed by atoms with Gasteiger partial charge >= 0.3 is 0 Å². The van der Waals surface area contributed by atoms with Crippen molar-refractivity contribution in [2.24, 2.45) is 0 Å². The zero-order chi connectivity index (χ0) is 15.3. The summed E-state index contributed by atoms with van der Waals surface area (Å²) in [6.07, 6.45) is 2.56. The molecule has 0 fully saturated rings. The number of aromatic amines is 1. The number of hydrogen-bond donors (Lipinski definition) is 2. The fourth-order valence-corrected chi connectivity index (χ4v) is 2.98. The Morgan fingerprint density at radius 2 is 2.19 bits per heavy atom. The van der Waals surface area contributed by atoms with Gasteiger partial charge in [0.25, 0.3) is 10.0 Å². The highest BCUT2D eigenvalue weighted by Gasteiger charge is 2.22. The topological polar surface area (TPSA) is 93.3 Å². The molecule has 7 nitrogen and oxygen atoms in total. The van der Waals surface area contributed by atoms with Gasteiger partial charge in [-0.05, 0) is 17.7 Å². The molecular formula is C13H17N3O4S. The first-order chi connectivity index (χ1) is 10.1. The number of methoxy groups -OCH3 is 2. The Labute approximate surface area is 123 Å². The van der Waals surface area contributed by atoms with Gasteiger partial charge in [-0.1, -0.05) is 12.1 Å². The monoisotopic (exact) mass is 311 g/mol. The van der Waals surface area contributed by atoms with Gasteiger partial charge in [0.1, 0.15) is 5.75 Å². The third-order valence-electron chi connectivity index (χ3n) is 2.89. The third kappa shape index (κ3) is 3.81. The lowest BCUT2D eigenvalue weighted by atomic mass is 10.1.